The van der Waals surface area contributed by atoms with Crippen LogP contribution < -0.4 is 14.8 Å². The number of carbonyl (C=O) groups is 1. The molecule has 29 heavy (non-hydrogen) atoms. The van der Waals surface area contributed by atoms with Gasteiger partial charge in [0.2, 0.25) is 6.10 Å². The SMILES string of the molecule is O=C(Nc1ccc(-c2ncnc3ncccc23)cc1)C1COc2ccccc2O1. The number of amides is 1. The highest BCUT2D eigenvalue weighted by Crippen LogP contribution is 2.31. The van der Waals surface area contributed by atoms with Gasteiger partial charge in [-0.25, -0.2) is 15.0 Å². The van der Waals surface area contributed by atoms with E-state index in [1.165, 1.54) is 6.33 Å². The van der Waals surface area contributed by atoms with Crippen LogP contribution in [-0.2, 0) is 4.79 Å². The zero-order valence-electron chi connectivity index (χ0n) is 15.3. The summed E-state index contributed by atoms with van der Waals surface area (Å²) in [7, 11) is 0. The first kappa shape index (κ1) is 17.1. The zero-order chi connectivity index (χ0) is 19.6. The summed E-state index contributed by atoms with van der Waals surface area (Å²) in [5.41, 5.74) is 3.01. The van der Waals surface area contributed by atoms with Crippen molar-refractivity contribution in [1.29, 1.82) is 0 Å². The molecule has 0 saturated heterocycles. The smallest absolute Gasteiger partial charge is 0.269 e. The average Bonchev–Trinajstić information content (AvgIpc) is 2.79. The first-order valence-electron chi connectivity index (χ1n) is 9.13. The number of para-hydroxylation sites is 2. The maximum atomic E-state index is 12.6. The molecule has 1 unspecified atom stereocenters. The van der Waals surface area contributed by atoms with Gasteiger partial charge in [0, 0.05) is 22.8 Å². The number of ether oxygens (including phenoxy) is 2. The van der Waals surface area contributed by atoms with Crippen LogP contribution in [0.3, 0.4) is 0 Å². The molecule has 0 bridgehead atoms. The zero-order valence-corrected chi connectivity index (χ0v) is 15.3. The van der Waals surface area contributed by atoms with E-state index in [1.54, 1.807) is 12.3 Å². The number of nitrogens with one attached hydrogen (secondary N) is 1. The summed E-state index contributed by atoms with van der Waals surface area (Å²) in [5, 5.41) is 3.74. The quantitative estimate of drug-likeness (QED) is 0.582. The fourth-order valence-corrected chi connectivity index (χ4v) is 3.21. The Morgan fingerprint density at radius 2 is 1.76 bits per heavy atom. The number of pyridine rings is 1. The van der Waals surface area contributed by atoms with Crippen molar-refractivity contribution in [2.24, 2.45) is 0 Å². The molecule has 1 aliphatic heterocycles. The van der Waals surface area contributed by atoms with Gasteiger partial charge in [-0.05, 0) is 36.4 Å². The Morgan fingerprint density at radius 1 is 0.931 bits per heavy atom. The lowest BCUT2D eigenvalue weighted by Gasteiger charge is -2.25. The molecule has 0 aliphatic carbocycles. The average molecular weight is 384 g/mol. The Bertz CT molecular complexity index is 1190. The van der Waals surface area contributed by atoms with Crippen molar-refractivity contribution in [3.8, 4) is 22.8 Å². The molecular weight excluding hydrogens is 368 g/mol. The highest BCUT2D eigenvalue weighted by molar-refractivity contribution is 5.95. The van der Waals surface area contributed by atoms with Gasteiger partial charge >= 0.3 is 0 Å². The molecule has 0 radical (unpaired) electrons. The summed E-state index contributed by atoms with van der Waals surface area (Å²) in [5.74, 6) is 0.954. The topological polar surface area (TPSA) is 86.2 Å². The normalized spacial score (nSPS) is 15.1. The van der Waals surface area contributed by atoms with Gasteiger partial charge in [-0.15, -0.1) is 0 Å². The second-order valence-corrected chi connectivity index (χ2v) is 6.53. The van der Waals surface area contributed by atoms with E-state index in [9.17, 15) is 4.79 Å². The molecule has 7 heteroatoms. The van der Waals surface area contributed by atoms with E-state index in [4.69, 9.17) is 9.47 Å². The standard InChI is InChI=1S/C22H16N4O3/c27-22(19-12-28-17-5-1-2-6-18(17)29-19)26-15-9-7-14(8-10-15)20-16-4-3-11-23-21(16)25-13-24-20/h1-11,13,19H,12H2,(H,26,27). The van der Waals surface area contributed by atoms with E-state index in [0.29, 0.717) is 22.8 Å². The molecule has 7 nitrogen and oxygen atoms in total. The number of aromatic nitrogens is 3. The fraction of sp³-hybridized carbons (Fsp3) is 0.0909. The largest absolute Gasteiger partial charge is 0.485 e. The van der Waals surface area contributed by atoms with Crippen LogP contribution in [0.1, 0.15) is 0 Å². The number of hydrogen-bond acceptors (Lipinski definition) is 6. The molecule has 4 aromatic rings. The van der Waals surface area contributed by atoms with Gasteiger partial charge in [-0.3, -0.25) is 4.79 Å². The second-order valence-electron chi connectivity index (χ2n) is 6.53. The maximum absolute atomic E-state index is 12.6. The van der Waals surface area contributed by atoms with E-state index in [0.717, 1.165) is 16.6 Å². The minimum Gasteiger partial charge on any atom is -0.485 e. The molecule has 1 atom stereocenters. The molecule has 3 heterocycles. The molecule has 1 amide bonds. The van der Waals surface area contributed by atoms with Crippen molar-refractivity contribution in [2.75, 3.05) is 11.9 Å². The Kier molecular flexibility index (Phi) is 4.25. The maximum Gasteiger partial charge on any atom is 0.269 e. The van der Waals surface area contributed by atoms with Crippen molar-refractivity contribution in [3.05, 3.63) is 73.2 Å². The predicted octanol–water partition coefficient (Wildman–Crippen LogP) is 3.47. The van der Waals surface area contributed by atoms with Crippen LogP contribution >= 0.6 is 0 Å². The molecule has 0 spiro atoms. The van der Waals surface area contributed by atoms with Gasteiger partial charge in [0.15, 0.2) is 17.1 Å². The Hall–Kier alpha value is -4.00. The van der Waals surface area contributed by atoms with Gasteiger partial charge in [-0.1, -0.05) is 24.3 Å². The lowest BCUT2D eigenvalue weighted by molar-refractivity contribution is -0.125. The molecular formula is C22H16N4O3. The van der Waals surface area contributed by atoms with Crippen molar-refractivity contribution in [3.63, 3.8) is 0 Å². The van der Waals surface area contributed by atoms with E-state index >= 15 is 0 Å². The highest BCUT2D eigenvalue weighted by atomic mass is 16.6. The second kappa shape index (κ2) is 7.20. The van der Waals surface area contributed by atoms with E-state index < -0.39 is 6.10 Å². The van der Waals surface area contributed by atoms with E-state index in [2.05, 4.69) is 20.3 Å². The van der Waals surface area contributed by atoms with Crippen molar-refractivity contribution in [1.82, 2.24) is 15.0 Å². The Balaban J connectivity index is 1.33. The minimum atomic E-state index is -0.707. The van der Waals surface area contributed by atoms with Crippen molar-refractivity contribution >= 4 is 22.6 Å². The summed E-state index contributed by atoms with van der Waals surface area (Å²) >= 11 is 0. The molecule has 1 N–H and O–H groups in total. The number of hydrogen-bond donors (Lipinski definition) is 1. The monoisotopic (exact) mass is 384 g/mol. The molecule has 142 valence electrons. The van der Waals surface area contributed by atoms with Gasteiger partial charge in [0.1, 0.15) is 12.9 Å². The molecule has 1 aliphatic rings. The number of benzene rings is 2. The number of nitrogens with zero attached hydrogens (tertiary/aromatic N) is 3. The molecule has 0 saturated carbocycles. The van der Waals surface area contributed by atoms with Crippen LogP contribution in [0.15, 0.2) is 73.2 Å². The first-order chi connectivity index (χ1) is 14.3. The number of fused-ring (bicyclic) bond motifs is 2. The summed E-state index contributed by atoms with van der Waals surface area (Å²) in [6, 6.07) is 18.5. The van der Waals surface area contributed by atoms with Gasteiger partial charge in [0.05, 0.1) is 5.69 Å². The summed E-state index contributed by atoms with van der Waals surface area (Å²) < 4.78 is 11.4. The fourth-order valence-electron chi connectivity index (χ4n) is 3.21. The summed E-state index contributed by atoms with van der Waals surface area (Å²) in [6.45, 7) is 0.168. The van der Waals surface area contributed by atoms with Gasteiger partial charge in [-0.2, -0.15) is 0 Å². The number of carbonyl (C=O) groups excluding carboxylic acids is 1. The van der Waals surface area contributed by atoms with Crippen LogP contribution in [-0.4, -0.2) is 33.6 Å². The van der Waals surface area contributed by atoms with Crippen molar-refractivity contribution < 1.29 is 14.3 Å². The molecule has 2 aromatic carbocycles. The van der Waals surface area contributed by atoms with E-state index in [1.807, 2.05) is 54.6 Å². The summed E-state index contributed by atoms with van der Waals surface area (Å²) in [6.07, 6.45) is 2.49. The van der Waals surface area contributed by atoms with Crippen LogP contribution in [0, 0.1) is 0 Å². The lowest BCUT2D eigenvalue weighted by Crippen LogP contribution is -2.40. The van der Waals surface area contributed by atoms with Gasteiger partial charge in [0.25, 0.3) is 5.91 Å². The molecule has 5 rings (SSSR count). The minimum absolute atomic E-state index is 0.168. The van der Waals surface area contributed by atoms with Crippen LogP contribution in [0.4, 0.5) is 5.69 Å². The molecule has 2 aromatic heterocycles. The molecule has 0 fully saturated rings. The van der Waals surface area contributed by atoms with Crippen molar-refractivity contribution in [2.45, 2.75) is 6.10 Å². The lowest BCUT2D eigenvalue weighted by atomic mass is 10.1. The predicted molar refractivity (Wildman–Crippen MR) is 108 cm³/mol. The van der Waals surface area contributed by atoms with Crippen LogP contribution in [0.5, 0.6) is 11.5 Å². The third-order valence-electron chi connectivity index (χ3n) is 4.64. The van der Waals surface area contributed by atoms with E-state index in [-0.39, 0.29) is 12.5 Å². The van der Waals surface area contributed by atoms with Crippen LogP contribution in [0.25, 0.3) is 22.3 Å². The van der Waals surface area contributed by atoms with Gasteiger partial charge < -0.3 is 14.8 Å². The Morgan fingerprint density at radius 3 is 2.62 bits per heavy atom. The first-order valence-corrected chi connectivity index (χ1v) is 9.13. The number of rotatable bonds is 3. The highest BCUT2D eigenvalue weighted by Gasteiger charge is 2.27. The third kappa shape index (κ3) is 3.34. The number of anilines is 1. The van der Waals surface area contributed by atoms with Crippen LogP contribution in [0.2, 0.25) is 0 Å². The third-order valence-corrected chi connectivity index (χ3v) is 4.64. The Labute approximate surface area is 166 Å². The summed E-state index contributed by atoms with van der Waals surface area (Å²) in [4.78, 5) is 25.4.